The summed E-state index contributed by atoms with van der Waals surface area (Å²) in [5, 5.41) is 0. The van der Waals surface area contributed by atoms with Crippen LogP contribution in [0.25, 0.3) is 0 Å². The molecule has 0 fully saturated rings. The van der Waals surface area contributed by atoms with Gasteiger partial charge in [0.2, 0.25) is 10.0 Å². The van der Waals surface area contributed by atoms with Gasteiger partial charge in [0.25, 0.3) is 0 Å². The van der Waals surface area contributed by atoms with E-state index in [2.05, 4.69) is 9.71 Å². The molecular formula is C8H15N3O2S. The van der Waals surface area contributed by atoms with Gasteiger partial charge in [0, 0.05) is 24.5 Å². The fraction of sp³-hybridized carbons (Fsp3) is 0.500. The zero-order valence-corrected chi connectivity index (χ0v) is 9.06. The van der Waals surface area contributed by atoms with E-state index in [4.69, 9.17) is 5.73 Å². The van der Waals surface area contributed by atoms with Gasteiger partial charge in [-0.2, -0.15) is 0 Å². The van der Waals surface area contributed by atoms with Gasteiger partial charge in [-0.15, -0.1) is 0 Å². The van der Waals surface area contributed by atoms with E-state index in [0.717, 1.165) is 0 Å². The van der Waals surface area contributed by atoms with Gasteiger partial charge in [-0.05, 0) is 19.9 Å². The average molecular weight is 217 g/mol. The van der Waals surface area contributed by atoms with Crippen LogP contribution in [0, 0.1) is 0 Å². The first-order valence-corrected chi connectivity index (χ1v) is 5.83. The topological polar surface area (TPSA) is 88.0 Å². The van der Waals surface area contributed by atoms with E-state index < -0.39 is 10.0 Å². The minimum atomic E-state index is -3.39. The lowest BCUT2D eigenvalue weighted by atomic mass is 10.4. The first kappa shape index (κ1) is 11.2. The van der Waals surface area contributed by atoms with Crippen molar-refractivity contribution in [3.8, 4) is 0 Å². The maximum Gasteiger partial charge on any atom is 0.242 e. The minimum Gasteiger partial charge on any atom is -0.363 e. The molecule has 0 aliphatic heterocycles. The van der Waals surface area contributed by atoms with Crippen molar-refractivity contribution in [1.29, 1.82) is 0 Å². The molecule has 6 heteroatoms. The second-order valence-electron chi connectivity index (χ2n) is 3.34. The summed E-state index contributed by atoms with van der Waals surface area (Å²) in [4.78, 5) is 3.02. The van der Waals surface area contributed by atoms with Crippen molar-refractivity contribution in [3.63, 3.8) is 0 Å². The Morgan fingerprint density at radius 2 is 2.21 bits per heavy atom. The molecule has 0 saturated heterocycles. The summed E-state index contributed by atoms with van der Waals surface area (Å²) < 4.78 is 25.7. The Morgan fingerprint density at radius 3 is 2.64 bits per heavy atom. The zero-order chi connectivity index (χ0) is 10.8. The van der Waals surface area contributed by atoms with Crippen LogP contribution in [0.2, 0.25) is 0 Å². The van der Waals surface area contributed by atoms with Crippen LogP contribution in [0.1, 0.15) is 19.5 Å². The smallest absolute Gasteiger partial charge is 0.242 e. The second kappa shape index (κ2) is 4.12. The molecule has 0 spiro atoms. The van der Waals surface area contributed by atoms with E-state index in [1.807, 2.05) is 0 Å². The first-order valence-electron chi connectivity index (χ1n) is 4.35. The summed E-state index contributed by atoms with van der Waals surface area (Å²) in [6.07, 6.45) is 1.44. The van der Waals surface area contributed by atoms with Crippen LogP contribution in [-0.4, -0.2) is 19.4 Å². The lowest BCUT2D eigenvalue weighted by Gasteiger charge is -2.06. The highest BCUT2D eigenvalue weighted by Crippen LogP contribution is 2.10. The number of nitrogens with one attached hydrogen (secondary N) is 2. The summed E-state index contributed by atoms with van der Waals surface area (Å²) in [5.41, 5.74) is 6.06. The standard InChI is InChI=1S/C8H15N3O2S/c1-6(2)11-14(12,13)8-3-7(4-9)10-5-8/h3,5-6,10-11H,4,9H2,1-2H3. The minimum absolute atomic E-state index is 0.115. The van der Waals surface area contributed by atoms with Gasteiger partial charge in [-0.1, -0.05) is 0 Å². The number of nitrogens with two attached hydrogens (primary N) is 1. The molecule has 0 amide bonds. The van der Waals surface area contributed by atoms with Gasteiger partial charge >= 0.3 is 0 Å². The Labute approximate surface area is 83.8 Å². The largest absolute Gasteiger partial charge is 0.363 e. The Kier molecular flexibility index (Phi) is 3.30. The summed E-state index contributed by atoms with van der Waals surface area (Å²) in [7, 11) is -3.39. The zero-order valence-electron chi connectivity index (χ0n) is 8.24. The number of aromatic nitrogens is 1. The summed E-state index contributed by atoms with van der Waals surface area (Å²) in [6, 6.07) is 1.42. The molecule has 14 heavy (non-hydrogen) atoms. The van der Waals surface area contributed by atoms with Crippen molar-refractivity contribution in [2.45, 2.75) is 31.3 Å². The summed E-state index contributed by atoms with van der Waals surface area (Å²) in [6.45, 7) is 3.85. The maximum absolute atomic E-state index is 11.6. The molecule has 5 nitrogen and oxygen atoms in total. The van der Waals surface area contributed by atoms with E-state index in [1.54, 1.807) is 13.8 Å². The Hall–Kier alpha value is -0.850. The van der Waals surface area contributed by atoms with Gasteiger partial charge in [0.05, 0.1) is 4.90 Å². The second-order valence-corrected chi connectivity index (χ2v) is 5.05. The van der Waals surface area contributed by atoms with Crippen LogP contribution in [0.4, 0.5) is 0 Å². The van der Waals surface area contributed by atoms with Crippen LogP contribution < -0.4 is 10.5 Å². The van der Waals surface area contributed by atoms with Gasteiger partial charge in [0.1, 0.15) is 0 Å². The molecule has 4 N–H and O–H groups in total. The SMILES string of the molecule is CC(C)NS(=O)(=O)c1c[nH]c(CN)c1. The molecular weight excluding hydrogens is 202 g/mol. The van der Waals surface area contributed by atoms with Crippen LogP contribution in [0.15, 0.2) is 17.2 Å². The number of sulfonamides is 1. The van der Waals surface area contributed by atoms with E-state index in [0.29, 0.717) is 12.2 Å². The third-order valence-electron chi connectivity index (χ3n) is 1.64. The molecule has 0 aliphatic rings. The number of rotatable bonds is 4. The normalized spacial score (nSPS) is 12.3. The number of hydrogen-bond acceptors (Lipinski definition) is 3. The van der Waals surface area contributed by atoms with Crippen molar-refractivity contribution < 1.29 is 8.42 Å². The highest BCUT2D eigenvalue weighted by Gasteiger charge is 2.16. The molecule has 1 aromatic rings. The van der Waals surface area contributed by atoms with E-state index in [9.17, 15) is 8.42 Å². The van der Waals surface area contributed by atoms with Crippen molar-refractivity contribution in [3.05, 3.63) is 18.0 Å². The van der Waals surface area contributed by atoms with Crippen LogP contribution in [0.3, 0.4) is 0 Å². The maximum atomic E-state index is 11.6. The van der Waals surface area contributed by atoms with Crippen LogP contribution >= 0.6 is 0 Å². The fourth-order valence-electron chi connectivity index (χ4n) is 1.07. The molecule has 1 rings (SSSR count). The van der Waals surface area contributed by atoms with Gasteiger partial charge in [0.15, 0.2) is 0 Å². The van der Waals surface area contributed by atoms with E-state index in [-0.39, 0.29) is 10.9 Å². The van der Waals surface area contributed by atoms with Gasteiger partial charge < -0.3 is 10.7 Å². The molecule has 0 bridgehead atoms. The average Bonchev–Trinajstić information content (AvgIpc) is 2.49. The highest BCUT2D eigenvalue weighted by atomic mass is 32.2. The van der Waals surface area contributed by atoms with Crippen molar-refractivity contribution in [1.82, 2.24) is 9.71 Å². The van der Waals surface area contributed by atoms with Crippen molar-refractivity contribution >= 4 is 10.0 Å². The highest BCUT2D eigenvalue weighted by molar-refractivity contribution is 7.89. The summed E-state index contributed by atoms with van der Waals surface area (Å²) in [5.74, 6) is 0. The van der Waals surface area contributed by atoms with Gasteiger partial charge in [-0.25, -0.2) is 13.1 Å². The molecule has 0 atom stereocenters. The lowest BCUT2D eigenvalue weighted by Crippen LogP contribution is -2.29. The number of H-pyrrole nitrogens is 1. The third-order valence-corrected chi connectivity index (χ3v) is 3.28. The molecule has 0 aromatic carbocycles. The molecule has 0 radical (unpaired) electrons. The van der Waals surface area contributed by atoms with Crippen LogP contribution in [0.5, 0.6) is 0 Å². The van der Waals surface area contributed by atoms with Crippen molar-refractivity contribution in [2.75, 3.05) is 0 Å². The molecule has 0 saturated carbocycles. The molecule has 1 aromatic heterocycles. The number of aromatic amines is 1. The van der Waals surface area contributed by atoms with E-state index in [1.165, 1.54) is 12.3 Å². The Balaban J connectivity index is 2.93. The first-order chi connectivity index (χ1) is 6.45. The predicted molar refractivity (Wildman–Crippen MR) is 54.1 cm³/mol. The third kappa shape index (κ3) is 2.57. The molecule has 1 heterocycles. The molecule has 80 valence electrons. The fourth-order valence-corrected chi connectivity index (χ4v) is 2.34. The predicted octanol–water partition coefficient (Wildman–Crippen LogP) is 0.160. The van der Waals surface area contributed by atoms with Crippen LogP contribution in [-0.2, 0) is 16.6 Å². The summed E-state index contributed by atoms with van der Waals surface area (Å²) >= 11 is 0. The Morgan fingerprint density at radius 1 is 1.57 bits per heavy atom. The Bertz CT molecular complexity index is 394. The number of hydrogen-bond donors (Lipinski definition) is 3. The quantitative estimate of drug-likeness (QED) is 0.671. The van der Waals surface area contributed by atoms with E-state index >= 15 is 0 Å². The molecule has 0 unspecified atom stereocenters. The van der Waals surface area contributed by atoms with Gasteiger partial charge in [-0.3, -0.25) is 0 Å². The monoisotopic (exact) mass is 217 g/mol. The lowest BCUT2D eigenvalue weighted by molar-refractivity contribution is 0.570. The molecule has 0 aliphatic carbocycles. The van der Waals surface area contributed by atoms with Crippen molar-refractivity contribution in [2.24, 2.45) is 5.73 Å².